The third-order valence-corrected chi connectivity index (χ3v) is 13.5. The molecule has 0 saturated carbocycles. The maximum absolute atomic E-state index is 5.29. The highest BCUT2D eigenvalue weighted by atomic mass is 32.1. The molecule has 0 spiro atoms. The van der Waals surface area contributed by atoms with Crippen molar-refractivity contribution in [1.82, 2.24) is 19.5 Å². The van der Waals surface area contributed by atoms with E-state index in [1.165, 1.54) is 63.0 Å². The van der Waals surface area contributed by atoms with Crippen LogP contribution in [-0.4, -0.2) is 19.5 Å². The zero-order valence-electron chi connectivity index (χ0n) is 30.4. The summed E-state index contributed by atoms with van der Waals surface area (Å²) in [5, 5.41) is 7.44. The van der Waals surface area contributed by atoms with Crippen molar-refractivity contribution in [2.75, 3.05) is 0 Å². The Morgan fingerprint density at radius 2 is 0.930 bits per heavy atom. The predicted molar refractivity (Wildman–Crippen MR) is 242 cm³/mol. The first kappa shape index (κ1) is 32.3. The first-order chi connectivity index (χ1) is 28.2. The summed E-state index contributed by atoms with van der Waals surface area (Å²) >= 11 is 3.63. The van der Waals surface area contributed by atoms with Crippen LogP contribution in [-0.2, 0) is 0 Å². The van der Waals surface area contributed by atoms with E-state index >= 15 is 0 Å². The zero-order chi connectivity index (χ0) is 37.5. The van der Waals surface area contributed by atoms with Crippen molar-refractivity contribution in [1.29, 1.82) is 0 Å². The number of thiophene rings is 2. The molecule has 6 heteroatoms. The molecule has 0 aliphatic carbocycles. The van der Waals surface area contributed by atoms with E-state index in [-0.39, 0.29) is 0 Å². The van der Waals surface area contributed by atoms with Gasteiger partial charge in [-0.15, -0.1) is 22.7 Å². The molecule has 4 aromatic heterocycles. The normalized spacial score (nSPS) is 11.9. The predicted octanol–water partition coefficient (Wildman–Crippen LogP) is 14.4. The second kappa shape index (κ2) is 12.8. The third-order valence-electron chi connectivity index (χ3n) is 11.1. The summed E-state index contributed by atoms with van der Waals surface area (Å²) in [5.41, 5.74) is 8.81. The van der Waals surface area contributed by atoms with Crippen molar-refractivity contribution in [3.05, 3.63) is 182 Å². The van der Waals surface area contributed by atoms with E-state index in [1.807, 2.05) is 17.4 Å². The third kappa shape index (κ3) is 5.15. The van der Waals surface area contributed by atoms with Gasteiger partial charge in [0.1, 0.15) is 0 Å². The molecule has 0 unspecified atom stereocenters. The molecular formula is C51H30N4S2. The van der Waals surface area contributed by atoms with E-state index in [2.05, 4.69) is 180 Å². The van der Waals surface area contributed by atoms with Gasteiger partial charge in [0.15, 0.2) is 17.5 Å². The van der Waals surface area contributed by atoms with E-state index in [0.717, 1.165) is 32.6 Å². The molecule has 0 atom stereocenters. The molecule has 0 fully saturated rings. The van der Waals surface area contributed by atoms with Crippen LogP contribution in [0.4, 0.5) is 0 Å². The van der Waals surface area contributed by atoms with Gasteiger partial charge in [-0.25, -0.2) is 15.0 Å². The monoisotopic (exact) mass is 762 g/mol. The molecule has 4 heterocycles. The summed E-state index contributed by atoms with van der Waals surface area (Å²) in [6.45, 7) is 0. The molecule has 0 aliphatic heterocycles. The molecule has 12 aromatic rings. The lowest BCUT2D eigenvalue weighted by Gasteiger charge is -2.10. The standard InChI is InChI=1S/C51H30N4S2/c1-3-12-31(13-4-1)32-22-24-33(25-23-32)49-52-50(34-26-27-38-37-17-8-10-21-44(37)56-45(38)30-34)54-51(53-49)42-19-11-18-40-41-29-28-39-36-16-7-9-20-43(36)55(35-14-5-2-6-15-35)46(39)48(41)57-47(40)42/h1-30H. The molecule has 12 rings (SSSR count). The van der Waals surface area contributed by atoms with E-state index in [1.54, 1.807) is 11.3 Å². The van der Waals surface area contributed by atoms with Gasteiger partial charge in [-0.2, -0.15) is 0 Å². The van der Waals surface area contributed by atoms with E-state index in [0.29, 0.717) is 17.5 Å². The quantitative estimate of drug-likeness (QED) is 0.175. The molecule has 0 N–H and O–H groups in total. The van der Waals surface area contributed by atoms with Gasteiger partial charge in [0.2, 0.25) is 0 Å². The molecule has 4 nitrogen and oxygen atoms in total. The van der Waals surface area contributed by atoms with Gasteiger partial charge in [0.05, 0.1) is 15.7 Å². The average Bonchev–Trinajstić information content (AvgIpc) is 3.96. The van der Waals surface area contributed by atoms with Gasteiger partial charge in [-0.3, -0.25) is 0 Å². The Balaban J connectivity index is 1.09. The summed E-state index contributed by atoms with van der Waals surface area (Å²) in [6, 6.07) is 64.8. The smallest absolute Gasteiger partial charge is 0.165 e. The lowest BCUT2D eigenvalue weighted by atomic mass is 10.0. The lowest BCUT2D eigenvalue weighted by molar-refractivity contribution is 1.08. The molecule has 0 bridgehead atoms. The summed E-state index contributed by atoms with van der Waals surface area (Å²) in [5.74, 6) is 1.97. The highest BCUT2D eigenvalue weighted by Crippen LogP contribution is 2.46. The Kier molecular flexibility index (Phi) is 7.24. The van der Waals surface area contributed by atoms with E-state index < -0.39 is 0 Å². The molecule has 266 valence electrons. The summed E-state index contributed by atoms with van der Waals surface area (Å²) < 4.78 is 7.32. The Morgan fingerprint density at radius 3 is 1.77 bits per heavy atom. The largest absolute Gasteiger partial charge is 0.308 e. The summed E-state index contributed by atoms with van der Waals surface area (Å²) in [7, 11) is 0. The van der Waals surface area contributed by atoms with Crippen molar-refractivity contribution in [2.24, 2.45) is 0 Å². The van der Waals surface area contributed by atoms with Crippen LogP contribution >= 0.6 is 22.7 Å². The second-order valence-corrected chi connectivity index (χ2v) is 16.5. The number of hydrogen-bond acceptors (Lipinski definition) is 5. The maximum Gasteiger partial charge on any atom is 0.165 e. The molecule has 57 heavy (non-hydrogen) atoms. The van der Waals surface area contributed by atoms with Crippen LogP contribution in [0.15, 0.2) is 182 Å². The van der Waals surface area contributed by atoms with Crippen LogP contribution < -0.4 is 0 Å². The molecule has 0 amide bonds. The fraction of sp³-hybridized carbons (Fsp3) is 0. The first-order valence-corrected chi connectivity index (χ1v) is 20.7. The van der Waals surface area contributed by atoms with Gasteiger partial charge < -0.3 is 4.57 Å². The topological polar surface area (TPSA) is 43.6 Å². The minimum absolute atomic E-state index is 0.649. The Bertz CT molecular complexity index is 3510. The van der Waals surface area contributed by atoms with Gasteiger partial charge in [-0.05, 0) is 47.5 Å². The molecule has 0 saturated heterocycles. The van der Waals surface area contributed by atoms with Crippen molar-refractivity contribution in [2.45, 2.75) is 0 Å². The number of nitrogens with zero attached hydrogens (tertiary/aromatic N) is 4. The Morgan fingerprint density at radius 1 is 0.351 bits per heavy atom. The summed E-state index contributed by atoms with van der Waals surface area (Å²) in [4.78, 5) is 15.7. The van der Waals surface area contributed by atoms with Crippen LogP contribution in [0.25, 0.3) is 113 Å². The SMILES string of the molecule is c1ccc(-c2ccc(-c3nc(-c4ccc5c(c4)sc4ccccc45)nc(-c4cccc5c4sc4c5ccc5c6ccccc6n(-c6ccccc6)c54)n3)cc2)cc1. The van der Waals surface area contributed by atoms with Crippen LogP contribution in [0.3, 0.4) is 0 Å². The second-order valence-electron chi connectivity index (χ2n) is 14.4. The van der Waals surface area contributed by atoms with Crippen LogP contribution in [0.1, 0.15) is 0 Å². The molecule has 0 radical (unpaired) electrons. The first-order valence-electron chi connectivity index (χ1n) is 19.0. The highest BCUT2D eigenvalue weighted by Gasteiger charge is 2.21. The van der Waals surface area contributed by atoms with Crippen molar-refractivity contribution in [3.8, 4) is 51.0 Å². The van der Waals surface area contributed by atoms with Crippen LogP contribution in [0.5, 0.6) is 0 Å². The molecule has 0 aliphatic rings. The summed E-state index contributed by atoms with van der Waals surface area (Å²) in [6.07, 6.45) is 0. The zero-order valence-corrected chi connectivity index (χ0v) is 32.1. The number of rotatable bonds is 5. The number of para-hydroxylation sites is 2. The van der Waals surface area contributed by atoms with E-state index in [9.17, 15) is 0 Å². The van der Waals surface area contributed by atoms with Crippen LogP contribution in [0, 0.1) is 0 Å². The molecular weight excluding hydrogens is 733 g/mol. The van der Waals surface area contributed by atoms with Gasteiger partial charge in [0.25, 0.3) is 0 Å². The van der Waals surface area contributed by atoms with Gasteiger partial charge in [-0.1, -0.05) is 146 Å². The number of benzene rings is 8. The number of hydrogen-bond donors (Lipinski definition) is 0. The Labute approximate surface area is 335 Å². The van der Waals surface area contributed by atoms with Gasteiger partial charge >= 0.3 is 0 Å². The van der Waals surface area contributed by atoms with Gasteiger partial charge in [0, 0.05) is 68.8 Å². The minimum atomic E-state index is 0.649. The fourth-order valence-electron chi connectivity index (χ4n) is 8.39. The van der Waals surface area contributed by atoms with Crippen LogP contribution in [0.2, 0.25) is 0 Å². The molecule has 8 aromatic carbocycles. The maximum atomic E-state index is 5.29. The minimum Gasteiger partial charge on any atom is -0.308 e. The number of aromatic nitrogens is 4. The lowest BCUT2D eigenvalue weighted by Crippen LogP contribution is -2.00. The van der Waals surface area contributed by atoms with Crippen molar-refractivity contribution >= 4 is 84.8 Å². The number of fused-ring (bicyclic) bond motifs is 10. The van der Waals surface area contributed by atoms with E-state index in [4.69, 9.17) is 15.0 Å². The van der Waals surface area contributed by atoms with Crippen molar-refractivity contribution in [3.63, 3.8) is 0 Å². The fourth-order valence-corrected chi connectivity index (χ4v) is 10.9. The average molecular weight is 763 g/mol. The van der Waals surface area contributed by atoms with Crippen molar-refractivity contribution < 1.29 is 0 Å². The Hall–Kier alpha value is -6.99. The highest BCUT2D eigenvalue weighted by molar-refractivity contribution is 7.27.